The van der Waals surface area contributed by atoms with E-state index in [-0.39, 0.29) is 17.4 Å². The van der Waals surface area contributed by atoms with Gasteiger partial charge in [0.25, 0.3) is 0 Å². The summed E-state index contributed by atoms with van der Waals surface area (Å²) < 4.78 is 7.36. The first-order valence-electron chi connectivity index (χ1n) is 10.1. The Balaban J connectivity index is 1.84. The number of benzene rings is 1. The third-order valence-electron chi connectivity index (χ3n) is 5.40. The predicted molar refractivity (Wildman–Crippen MR) is 122 cm³/mol. The van der Waals surface area contributed by atoms with Gasteiger partial charge in [-0.3, -0.25) is 0 Å². The molecule has 4 rings (SSSR count). The maximum absolute atomic E-state index is 9.42. The highest BCUT2D eigenvalue weighted by molar-refractivity contribution is 5.80. The summed E-state index contributed by atoms with van der Waals surface area (Å²) in [5, 5.41) is 17.3. The molecular weight excluding hydrogens is 404 g/mol. The molecule has 0 bridgehead atoms. The normalized spacial score (nSPS) is 11.9. The largest absolute Gasteiger partial charge is 0.496 e. The average Bonchev–Trinajstić information content (AvgIpc) is 3.14. The highest BCUT2D eigenvalue weighted by atomic mass is 16.5. The zero-order chi connectivity index (χ0) is 23.0. The number of fused-ring (bicyclic) bond motifs is 1. The molecule has 0 radical (unpaired) electrons. The zero-order valence-electron chi connectivity index (χ0n) is 18.6. The third-order valence-corrected chi connectivity index (χ3v) is 5.40. The number of nitrogen functional groups attached to an aromatic ring is 1. The van der Waals surface area contributed by atoms with Crippen molar-refractivity contribution in [1.82, 2.24) is 24.6 Å². The van der Waals surface area contributed by atoms with E-state index in [0.29, 0.717) is 11.6 Å². The fourth-order valence-electron chi connectivity index (χ4n) is 3.88. The third kappa shape index (κ3) is 3.56. The van der Waals surface area contributed by atoms with Crippen molar-refractivity contribution >= 4 is 17.2 Å². The van der Waals surface area contributed by atoms with Crippen LogP contribution >= 0.6 is 0 Å². The zero-order valence-corrected chi connectivity index (χ0v) is 18.6. The van der Waals surface area contributed by atoms with Gasteiger partial charge in [-0.2, -0.15) is 10.4 Å². The van der Waals surface area contributed by atoms with E-state index < -0.39 is 0 Å². The van der Waals surface area contributed by atoms with Gasteiger partial charge in [-0.1, -0.05) is 0 Å². The number of nitrogens with zero attached hydrogens (tertiary/aromatic N) is 6. The summed E-state index contributed by atoms with van der Waals surface area (Å²) in [6.45, 7) is 7.99. The lowest BCUT2D eigenvalue weighted by Gasteiger charge is -2.17. The van der Waals surface area contributed by atoms with Crippen LogP contribution in [0.4, 0.5) is 11.6 Å². The van der Waals surface area contributed by atoms with E-state index >= 15 is 0 Å². The summed E-state index contributed by atoms with van der Waals surface area (Å²) in [6, 6.07) is 7.85. The van der Waals surface area contributed by atoms with Crippen molar-refractivity contribution in [2.45, 2.75) is 33.7 Å². The van der Waals surface area contributed by atoms with Crippen molar-refractivity contribution in [3.63, 3.8) is 0 Å². The number of hydrogen-bond acceptors (Lipinski definition) is 8. The van der Waals surface area contributed by atoms with E-state index in [0.717, 1.165) is 39.2 Å². The van der Waals surface area contributed by atoms with Crippen LogP contribution in [-0.2, 0) is 0 Å². The van der Waals surface area contributed by atoms with Crippen molar-refractivity contribution in [3.05, 3.63) is 58.8 Å². The van der Waals surface area contributed by atoms with Crippen molar-refractivity contribution in [3.8, 4) is 23.1 Å². The highest BCUT2D eigenvalue weighted by Crippen LogP contribution is 2.33. The van der Waals surface area contributed by atoms with E-state index in [9.17, 15) is 5.26 Å². The molecule has 3 aromatic heterocycles. The predicted octanol–water partition coefficient (Wildman–Crippen LogP) is 3.75. The number of nitrogens with two attached hydrogens (primary N) is 1. The minimum absolute atomic E-state index is 0.125. The molecule has 0 aliphatic heterocycles. The van der Waals surface area contributed by atoms with Crippen LogP contribution in [0.25, 0.3) is 16.8 Å². The number of nitrogens with one attached hydrogen (secondary N) is 1. The summed E-state index contributed by atoms with van der Waals surface area (Å²) >= 11 is 0. The molecule has 0 fully saturated rings. The van der Waals surface area contributed by atoms with Gasteiger partial charge in [-0.25, -0.2) is 19.5 Å². The number of rotatable bonds is 5. The number of ether oxygens (including phenoxy) is 1. The topological polar surface area (TPSA) is 127 Å². The van der Waals surface area contributed by atoms with Crippen molar-refractivity contribution in [2.24, 2.45) is 0 Å². The molecule has 9 nitrogen and oxygen atoms in total. The Labute approximate surface area is 185 Å². The highest BCUT2D eigenvalue weighted by Gasteiger charge is 2.19. The van der Waals surface area contributed by atoms with Gasteiger partial charge >= 0.3 is 0 Å². The summed E-state index contributed by atoms with van der Waals surface area (Å²) in [7, 11) is 1.68. The second kappa shape index (κ2) is 8.15. The number of aromatic nitrogens is 5. The molecule has 0 aliphatic carbocycles. The Morgan fingerprint density at radius 1 is 1.16 bits per heavy atom. The van der Waals surface area contributed by atoms with Crippen LogP contribution in [-0.4, -0.2) is 31.7 Å². The summed E-state index contributed by atoms with van der Waals surface area (Å²) in [6.07, 6.45) is 3.23. The minimum atomic E-state index is -0.345. The summed E-state index contributed by atoms with van der Waals surface area (Å²) in [5.74, 6) is 1.89. The lowest BCUT2D eigenvalue weighted by atomic mass is 10.0. The van der Waals surface area contributed by atoms with E-state index in [2.05, 4.69) is 27.4 Å². The van der Waals surface area contributed by atoms with Crippen LogP contribution in [0.15, 0.2) is 30.7 Å². The SMILES string of the molecule is COc1c(C)cc(-c2nc([C@H](C)Nc3ncnc(N)c3C#N)nn3ccc(C)c23)cc1C. The molecule has 0 saturated heterocycles. The number of nitriles is 1. The van der Waals surface area contributed by atoms with Crippen molar-refractivity contribution in [2.75, 3.05) is 18.2 Å². The van der Waals surface area contributed by atoms with Crippen molar-refractivity contribution in [1.29, 1.82) is 5.26 Å². The van der Waals surface area contributed by atoms with Gasteiger partial charge in [0.2, 0.25) is 0 Å². The Bertz CT molecular complexity index is 1350. The van der Waals surface area contributed by atoms with Crippen LogP contribution < -0.4 is 15.8 Å². The number of anilines is 2. The van der Waals surface area contributed by atoms with Crippen LogP contribution in [0.3, 0.4) is 0 Å². The van der Waals surface area contributed by atoms with Crippen LogP contribution in [0.5, 0.6) is 5.75 Å². The molecule has 0 saturated carbocycles. The molecule has 3 heterocycles. The lowest BCUT2D eigenvalue weighted by Crippen LogP contribution is -2.16. The first-order valence-corrected chi connectivity index (χ1v) is 10.1. The molecule has 0 aliphatic rings. The van der Waals surface area contributed by atoms with Gasteiger partial charge in [-0.15, -0.1) is 0 Å². The Morgan fingerprint density at radius 2 is 1.88 bits per heavy atom. The quantitative estimate of drug-likeness (QED) is 0.492. The maximum Gasteiger partial charge on any atom is 0.171 e. The molecule has 3 N–H and O–H groups in total. The molecule has 1 aromatic carbocycles. The Morgan fingerprint density at radius 3 is 2.53 bits per heavy atom. The second-order valence-corrected chi connectivity index (χ2v) is 7.71. The van der Waals surface area contributed by atoms with E-state index in [4.69, 9.17) is 20.6 Å². The summed E-state index contributed by atoms with van der Waals surface area (Å²) in [5.41, 5.74) is 11.9. The molecule has 4 aromatic rings. The fourth-order valence-corrected chi connectivity index (χ4v) is 3.88. The molecule has 162 valence electrons. The minimum Gasteiger partial charge on any atom is -0.496 e. The van der Waals surface area contributed by atoms with E-state index in [1.54, 1.807) is 7.11 Å². The lowest BCUT2D eigenvalue weighted by molar-refractivity contribution is 0.408. The average molecular weight is 429 g/mol. The first kappa shape index (κ1) is 21.1. The maximum atomic E-state index is 9.42. The molecule has 0 spiro atoms. The van der Waals surface area contributed by atoms with Crippen LogP contribution in [0.2, 0.25) is 0 Å². The molecule has 0 amide bonds. The van der Waals surface area contributed by atoms with Crippen molar-refractivity contribution < 1.29 is 4.74 Å². The molecule has 1 atom stereocenters. The summed E-state index contributed by atoms with van der Waals surface area (Å²) in [4.78, 5) is 13.0. The van der Waals surface area contributed by atoms with Gasteiger partial charge in [0.1, 0.15) is 35.3 Å². The number of methoxy groups -OCH3 is 1. The molecule has 0 unspecified atom stereocenters. The van der Waals surface area contributed by atoms with Crippen LogP contribution in [0.1, 0.15) is 41.0 Å². The molecular formula is C23H24N8O. The fraction of sp³-hybridized carbons (Fsp3) is 0.261. The van der Waals surface area contributed by atoms with Gasteiger partial charge < -0.3 is 15.8 Å². The Kier molecular flexibility index (Phi) is 5.36. The Hall–Kier alpha value is -4.19. The molecule has 32 heavy (non-hydrogen) atoms. The van der Waals surface area contributed by atoms with Gasteiger partial charge in [0.15, 0.2) is 5.82 Å². The monoisotopic (exact) mass is 428 g/mol. The second-order valence-electron chi connectivity index (χ2n) is 7.71. The molecule has 9 heteroatoms. The smallest absolute Gasteiger partial charge is 0.171 e. The van der Waals surface area contributed by atoms with Gasteiger partial charge in [0.05, 0.1) is 24.4 Å². The van der Waals surface area contributed by atoms with E-state index in [1.165, 1.54) is 6.33 Å². The van der Waals surface area contributed by atoms with Crippen LogP contribution in [0, 0.1) is 32.1 Å². The first-order chi connectivity index (χ1) is 15.3. The van der Waals surface area contributed by atoms with Gasteiger partial charge in [0, 0.05) is 11.8 Å². The van der Waals surface area contributed by atoms with E-state index in [1.807, 2.05) is 50.5 Å². The number of aryl methyl sites for hydroxylation is 3. The van der Waals surface area contributed by atoms with Gasteiger partial charge in [-0.05, 0) is 62.6 Å². The standard InChI is InChI=1S/C23H24N8O/c1-12-6-7-31-19(12)18(16-8-13(2)20(32-5)14(3)9-16)29-22(30-31)15(4)28-23-17(10-24)21(25)26-11-27-23/h6-9,11,15H,1-5H3,(H3,25,26,27,28)/t15-/m0/s1. The number of hydrogen-bond donors (Lipinski definition) is 2.